The van der Waals surface area contributed by atoms with Crippen LogP contribution in [0, 0.1) is 0 Å². The Labute approximate surface area is 118 Å². The first-order chi connectivity index (χ1) is 9.83. The van der Waals surface area contributed by atoms with Crippen molar-refractivity contribution in [2.24, 2.45) is 0 Å². The molecule has 1 aromatic heterocycles. The fourth-order valence-corrected chi connectivity index (χ4v) is 2.36. The predicted octanol–water partition coefficient (Wildman–Crippen LogP) is 2.78. The zero-order valence-corrected chi connectivity index (χ0v) is 11.2. The number of ether oxygens (including phenoxy) is 1. The third-order valence-corrected chi connectivity index (χ3v) is 3.46. The van der Waals surface area contributed by atoms with Crippen LogP contribution in [-0.4, -0.2) is 22.6 Å². The van der Waals surface area contributed by atoms with Crippen LogP contribution in [0.15, 0.2) is 48.8 Å². The van der Waals surface area contributed by atoms with Gasteiger partial charge in [0.1, 0.15) is 0 Å². The Kier molecular flexibility index (Phi) is 3.63. The van der Waals surface area contributed by atoms with E-state index in [1.165, 1.54) is 11.1 Å². The van der Waals surface area contributed by atoms with Crippen molar-refractivity contribution in [3.63, 3.8) is 0 Å². The smallest absolute Gasteiger partial charge is 0.410 e. The number of hydrogen-bond donors (Lipinski definition) is 0. The maximum Gasteiger partial charge on any atom is 0.410 e. The number of aromatic nitrogens is 1. The predicted molar refractivity (Wildman–Crippen MR) is 75.0 cm³/mol. The summed E-state index contributed by atoms with van der Waals surface area (Å²) in [6.07, 6.45) is 3.97. The van der Waals surface area contributed by atoms with Crippen molar-refractivity contribution in [3.05, 3.63) is 65.5 Å². The Bertz CT molecular complexity index is 573. The SMILES string of the molecule is O=C(OCCc1ccncc1)N1Cc2ccccc2C1. The van der Waals surface area contributed by atoms with Gasteiger partial charge in [-0.2, -0.15) is 0 Å². The van der Waals surface area contributed by atoms with E-state index >= 15 is 0 Å². The maximum atomic E-state index is 12.0. The van der Waals surface area contributed by atoms with Crippen molar-refractivity contribution in [2.75, 3.05) is 6.61 Å². The molecule has 0 saturated carbocycles. The summed E-state index contributed by atoms with van der Waals surface area (Å²) in [5, 5.41) is 0. The van der Waals surface area contributed by atoms with Gasteiger partial charge >= 0.3 is 6.09 Å². The number of nitrogens with zero attached hydrogens (tertiary/aromatic N) is 2. The van der Waals surface area contributed by atoms with Crippen molar-refractivity contribution < 1.29 is 9.53 Å². The summed E-state index contributed by atoms with van der Waals surface area (Å²) in [4.78, 5) is 17.7. The minimum Gasteiger partial charge on any atom is -0.449 e. The highest BCUT2D eigenvalue weighted by Gasteiger charge is 2.23. The number of hydrogen-bond acceptors (Lipinski definition) is 3. The molecule has 0 unspecified atom stereocenters. The molecule has 1 aliphatic rings. The van der Waals surface area contributed by atoms with Crippen LogP contribution in [0.3, 0.4) is 0 Å². The van der Waals surface area contributed by atoms with Crippen molar-refractivity contribution in [2.45, 2.75) is 19.5 Å². The average Bonchev–Trinajstić information content (AvgIpc) is 2.92. The molecule has 1 aliphatic heterocycles. The van der Waals surface area contributed by atoms with Gasteiger partial charge in [-0.15, -0.1) is 0 Å². The molecular weight excluding hydrogens is 252 g/mol. The molecule has 102 valence electrons. The summed E-state index contributed by atoms with van der Waals surface area (Å²) in [6.45, 7) is 1.68. The molecule has 0 bridgehead atoms. The quantitative estimate of drug-likeness (QED) is 0.859. The molecule has 0 aliphatic carbocycles. The van der Waals surface area contributed by atoms with Crippen molar-refractivity contribution >= 4 is 6.09 Å². The second-order valence-electron chi connectivity index (χ2n) is 4.84. The van der Waals surface area contributed by atoms with Crippen LogP contribution in [0.4, 0.5) is 4.79 Å². The van der Waals surface area contributed by atoms with E-state index in [0.29, 0.717) is 19.7 Å². The average molecular weight is 268 g/mol. The lowest BCUT2D eigenvalue weighted by atomic mass is 10.1. The minimum atomic E-state index is -0.241. The second kappa shape index (κ2) is 5.74. The molecule has 0 saturated heterocycles. The monoisotopic (exact) mass is 268 g/mol. The molecule has 0 radical (unpaired) electrons. The largest absolute Gasteiger partial charge is 0.449 e. The molecule has 4 heteroatoms. The number of rotatable bonds is 3. The van der Waals surface area contributed by atoms with Crippen LogP contribution in [0.5, 0.6) is 0 Å². The number of pyridine rings is 1. The Balaban J connectivity index is 1.49. The molecular formula is C16H16N2O2. The highest BCUT2D eigenvalue weighted by Crippen LogP contribution is 2.22. The first-order valence-corrected chi connectivity index (χ1v) is 6.70. The lowest BCUT2D eigenvalue weighted by Crippen LogP contribution is -2.26. The van der Waals surface area contributed by atoms with E-state index < -0.39 is 0 Å². The van der Waals surface area contributed by atoms with Crippen molar-refractivity contribution in [3.8, 4) is 0 Å². The highest BCUT2D eigenvalue weighted by atomic mass is 16.6. The zero-order chi connectivity index (χ0) is 13.8. The van der Waals surface area contributed by atoms with Crippen LogP contribution >= 0.6 is 0 Å². The van der Waals surface area contributed by atoms with Crippen LogP contribution in [0.1, 0.15) is 16.7 Å². The standard InChI is InChI=1S/C16H16N2O2/c19-16(20-10-7-13-5-8-17-9-6-13)18-11-14-3-1-2-4-15(14)12-18/h1-6,8-9H,7,10-12H2. The normalized spacial score (nSPS) is 13.1. The van der Waals surface area contributed by atoms with Gasteiger partial charge in [0.15, 0.2) is 0 Å². The molecule has 1 aromatic carbocycles. The summed E-state index contributed by atoms with van der Waals surface area (Å²) in [7, 11) is 0. The Hall–Kier alpha value is -2.36. The number of amides is 1. The summed E-state index contributed by atoms with van der Waals surface area (Å²) >= 11 is 0. The molecule has 1 amide bonds. The highest BCUT2D eigenvalue weighted by molar-refractivity contribution is 5.68. The van der Waals surface area contributed by atoms with Gasteiger partial charge in [0, 0.05) is 31.9 Å². The van der Waals surface area contributed by atoms with E-state index in [4.69, 9.17) is 4.74 Å². The van der Waals surface area contributed by atoms with E-state index in [1.54, 1.807) is 17.3 Å². The fourth-order valence-electron chi connectivity index (χ4n) is 2.36. The zero-order valence-electron chi connectivity index (χ0n) is 11.2. The lowest BCUT2D eigenvalue weighted by Gasteiger charge is -2.15. The maximum absolute atomic E-state index is 12.0. The molecule has 0 fully saturated rings. The number of fused-ring (bicyclic) bond motifs is 1. The van der Waals surface area contributed by atoms with Gasteiger partial charge in [-0.05, 0) is 28.8 Å². The first kappa shape index (κ1) is 12.7. The van der Waals surface area contributed by atoms with E-state index in [-0.39, 0.29) is 6.09 Å². The van der Waals surface area contributed by atoms with Crippen LogP contribution < -0.4 is 0 Å². The third kappa shape index (κ3) is 2.79. The van der Waals surface area contributed by atoms with E-state index in [9.17, 15) is 4.79 Å². The summed E-state index contributed by atoms with van der Waals surface area (Å²) < 4.78 is 5.33. The van der Waals surface area contributed by atoms with Crippen molar-refractivity contribution in [1.29, 1.82) is 0 Å². The van der Waals surface area contributed by atoms with Crippen LogP contribution in [0.25, 0.3) is 0 Å². The fraction of sp³-hybridized carbons (Fsp3) is 0.250. The minimum absolute atomic E-state index is 0.241. The third-order valence-electron chi connectivity index (χ3n) is 3.46. The van der Waals surface area contributed by atoms with E-state index in [2.05, 4.69) is 17.1 Å². The molecule has 3 rings (SSSR count). The van der Waals surface area contributed by atoms with Crippen molar-refractivity contribution in [1.82, 2.24) is 9.88 Å². The second-order valence-corrected chi connectivity index (χ2v) is 4.84. The Morgan fingerprint density at radius 1 is 1.10 bits per heavy atom. The number of carbonyl (C=O) groups excluding carboxylic acids is 1. The van der Waals surface area contributed by atoms with Gasteiger partial charge < -0.3 is 4.74 Å². The van der Waals surface area contributed by atoms with Crippen LogP contribution in [-0.2, 0) is 24.2 Å². The molecule has 2 aromatic rings. The lowest BCUT2D eigenvalue weighted by molar-refractivity contribution is 0.103. The molecule has 0 spiro atoms. The van der Waals surface area contributed by atoms with E-state index in [0.717, 1.165) is 12.0 Å². The Morgan fingerprint density at radius 2 is 1.75 bits per heavy atom. The van der Waals surface area contributed by atoms with Gasteiger partial charge in [0.25, 0.3) is 0 Å². The van der Waals surface area contributed by atoms with Crippen LogP contribution in [0.2, 0.25) is 0 Å². The van der Waals surface area contributed by atoms with Gasteiger partial charge in [0.05, 0.1) is 6.61 Å². The molecule has 0 N–H and O–H groups in total. The number of carbonyl (C=O) groups is 1. The summed E-state index contributed by atoms with van der Waals surface area (Å²) in [5.41, 5.74) is 3.54. The topological polar surface area (TPSA) is 42.4 Å². The van der Waals surface area contributed by atoms with Gasteiger partial charge in [-0.25, -0.2) is 4.79 Å². The number of benzene rings is 1. The molecule has 2 heterocycles. The van der Waals surface area contributed by atoms with Gasteiger partial charge in [-0.1, -0.05) is 24.3 Å². The Morgan fingerprint density at radius 3 is 2.40 bits per heavy atom. The first-order valence-electron chi connectivity index (χ1n) is 6.70. The van der Waals surface area contributed by atoms with Gasteiger partial charge in [0.2, 0.25) is 0 Å². The molecule has 20 heavy (non-hydrogen) atoms. The summed E-state index contributed by atoms with van der Waals surface area (Å²) in [5.74, 6) is 0. The van der Waals surface area contributed by atoms with E-state index in [1.807, 2.05) is 24.3 Å². The summed E-state index contributed by atoms with van der Waals surface area (Å²) in [6, 6.07) is 12.0. The molecule has 0 atom stereocenters. The van der Waals surface area contributed by atoms with Gasteiger partial charge in [-0.3, -0.25) is 9.88 Å². The molecule has 4 nitrogen and oxygen atoms in total.